The number of hydrogen-bond acceptors (Lipinski definition) is 3. The standard InChI is InChI=1S/C9H20N2O2/c1-7(6-12)5-11-9(2,3)4-8(10)13/h7,11-12H,4-6H2,1-3H3,(H2,10,13). The van der Waals surface area contributed by atoms with E-state index in [9.17, 15) is 4.79 Å². The summed E-state index contributed by atoms with van der Waals surface area (Å²) in [5.41, 5.74) is 4.81. The van der Waals surface area contributed by atoms with Crippen LogP contribution in [0.3, 0.4) is 0 Å². The topological polar surface area (TPSA) is 75.3 Å². The number of rotatable bonds is 6. The van der Waals surface area contributed by atoms with Crippen LogP contribution in [0.25, 0.3) is 0 Å². The number of hydrogen-bond donors (Lipinski definition) is 3. The van der Waals surface area contributed by atoms with Crippen molar-refractivity contribution in [2.24, 2.45) is 11.7 Å². The second kappa shape index (κ2) is 5.19. The van der Waals surface area contributed by atoms with Crippen molar-refractivity contribution in [1.82, 2.24) is 5.32 Å². The van der Waals surface area contributed by atoms with Crippen LogP contribution in [-0.2, 0) is 4.79 Å². The fourth-order valence-corrected chi connectivity index (χ4v) is 1.01. The SMILES string of the molecule is CC(CO)CNC(C)(C)CC(N)=O. The monoisotopic (exact) mass is 188 g/mol. The molecule has 0 spiro atoms. The molecule has 0 saturated carbocycles. The Balaban J connectivity index is 3.81. The van der Waals surface area contributed by atoms with E-state index < -0.39 is 0 Å². The predicted octanol–water partition coefficient (Wildman–Crippen LogP) is -0.142. The first-order chi connectivity index (χ1) is 5.87. The van der Waals surface area contributed by atoms with Gasteiger partial charge in [0.2, 0.25) is 5.91 Å². The van der Waals surface area contributed by atoms with Gasteiger partial charge in [-0.25, -0.2) is 0 Å². The molecule has 0 rings (SSSR count). The smallest absolute Gasteiger partial charge is 0.219 e. The molecular formula is C9H20N2O2. The van der Waals surface area contributed by atoms with Crippen LogP contribution in [-0.4, -0.2) is 29.7 Å². The molecule has 4 heteroatoms. The minimum Gasteiger partial charge on any atom is -0.396 e. The van der Waals surface area contributed by atoms with E-state index in [-0.39, 0.29) is 24.0 Å². The van der Waals surface area contributed by atoms with Crippen molar-refractivity contribution in [3.05, 3.63) is 0 Å². The highest BCUT2D eigenvalue weighted by Gasteiger charge is 2.20. The lowest BCUT2D eigenvalue weighted by molar-refractivity contribution is -0.119. The highest BCUT2D eigenvalue weighted by Crippen LogP contribution is 2.07. The molecule has 4 N–H and O–H groups in total. The molecule has 0 aromatic rings. The molecule has 4 nitrogen and oxygen atoms in total. The molecule has 0 heterocycles. The zero-order valence-corrected chi connectivity index (χ0v) is 8.63. The van der Waals surface area contributed by atoms with Crippen LogP contribution in [0.2, 0.25) is 0 Å². The van der Waals surface area contributed by atoms with Gasteiger partial charge in [0.15, 0.2) is 0 Å². The second-order valence-corrected chi connectivity index (χ2v) is 4.20. The normalized spacial score (nSPS) is 14.2. The summed E-state index contributed by atoms with van der Waals surface area (Å²) >= 11 is 0. The van der Waals surface area contributed by atoms with Crippen molar-refractivity contribution in [3.8, 4) is 0 Å². The third-order valence-corrected chi connectivity index (χ3v) is 1.86. The maximum Gasteiger partial charge on any atom is 0.219 e. The van der Waals surface area contributed by atoms with Gasteiger partial charge in [0.1, 0.15) is 0 Å². The van der Waals surface area contributed by atoms with E-state index in [0.717, 1.165) is 0 Å². The average molecular weight is 188 g/mol. The Morgan fingerprint density at radius 1 is 1.62 bits per heavy atom. The van der Waals surface area contributed by atoms with Gasteiger partial charge < -0.3 is 16.2 Å². The molecule has 78 valence electrons. The number of nitrogens with one attached hydrogen (secondary N) is 1. The van der Waals surface area contributed by atoms with Gasteiger partial charge in [-0.05, 0) is 19.8 Å². The van der Waals surface area contributed by atoms with Gasteiger partial charge in [0.05, 0.1) is 0 Å². The Hall–Kier alpha value is -0.610. The third kappa shape index (κ3) is 6.54. The minimum absolute atomic E-state index is 0.152. The fraction of sp³-hybridized carbons (Fsp3) is 0.889. The summed E-state index contributed by atoms with van der Waals surface area (Å²) in [6.45, 7) is 6.62. The lowest BCUT2D eigenvalue weighted by Gasteiger charge is -2.26. The van der Waals surface area contributed by atoms with Crippen molar-refractivity contribution in [2.45, 2.75) is 32.7 Å². The fourth-order valence-electron chi connectivity index (χ4n) is 1.01. The van der Waals surface area contributed by atoms with Crippen LogP contribution in [0, 0.1) is 5.92 Å². The first kappa shape index (κ1) is 12.4. The van der Waals surface area contributed by atoms with E-state index in [0.29, 0.717) is 13.0 Å². The molecule has 0 saturated heterocycles. The van der Waals surface area contributed by atoms with Crippen LogP contribution in [0.15, 0.2) is 0 Å². The van der Waals surface area contributed by atoms with Gasteiger partial charge in [-0.1, -0.05) is 6.92 Å². The van der Waals surface area contributed by atoms with E-state index in [4.69, 9.17) is 10.8 Å². The molecule has 1 unspecified atom stereocenters. The summed E-state index contributed by atoms with van der Waals surface area (Å²) in [6, 6.07) is 0. The number of primary amides is 1. The van der Waals surface area contributed by atoms with Crippen molar-refractivity contribution < 1.29 is 9.90 Å². The van der Waals surface area contributed by atoms with Crippen molar-refractivity contribution >= 4 is 5.91 Å². The van der Waals surface area contributed by atoms with Crippen LogP contribution >= 0.6 is 0 Å². The number of aliphatic hydroxyl groups excluding tert-OH is 1. The molecule has 1 atom stereocenters. The largest absolute Gasteiger partial charge is 0.396 e. The van der Waals surface area contributed by atoms with E-state index >= 15 is 0 Å². The van der Waals surface area contributed by atoms with E-state index in [1.807, 2.05) is 20.8 Å². The average Bonchev–Trinajstić information content (AvgIpc) is 1.98. The lowest BCUT2D eigenvalue weighted by atomic mass is 9.99. The van der Waals surface area contributed by atoms with Crippen LogP contribution < -0.4 is 11.1 Å². The summed E-state index contributed by atoms with van der Waals surface area (Å²) in [6.07, 6.45) is 0.311. The first-order valence-electron chi connectivity index (χ1n) is 4.51. The van der Waals surface area contributed by atoms with E-state index in [1.54, 1.807) is 0 Å². The number of carbonyl (C=O) groups excluding carboxylic acids is 1. The summed E-state index contributed by atoms with van der Waals surface area (Å²) in [7, 11) is 0. The van der Waals surface area contributed by atoms with Crippen molar-refractivity contribution in [2.75, 3.05) is 13.2 Å². The number of nitrogens with two attached hydrogens (primary N) is 1. The summed E-state index contributed by atoms with van der Waals surface area (Å²) in [4.78, 5) is 10.7. The van der Waals surface area contributed by atoms with Gasteiger partial charge in [-0.2, -0.15) is 0 Å². The van der Waals surface area contributed by atoms with Crippen molar-refractivity contribution in [3.63, 3.8) is 0 Å². The molecule has 0 aliphatic rings. The molecule has 0 aliphatic carbocycles. The van der Waals surface area contributed by atoms with Crippen molar-refractivity contribution in [1.29, 1.82) is 0 Å². The Morgan fingerprint density at radius 2 is 2.15 bits per heavy atom. The second-order valence-electron chi connectivity index (χ2n) is 4.20. The summed E-state index contributed by atoms with van der Waals surface area (Å²) in [5, 5.41) is 12.0. The molecule has 13 heavy (non-hydrogen) atoms. The van der Waals surface area contributed by atoms with Gasteiger partial charge in [-0.15, -0.1) is 0 Å². The molecule has 0 fully saturated rings. The van der Waals surface area contributed by atoms with E-state index in [1.165, 1.54) is 0 Å². The minimum atomic E-state index is -0.311. The zero-order chi connectivity index (χ0) is 10.5. The zero-order valence-electron chi connectivity index (χ0n) is 8.63. The molecule has 0 aromatic heterocycles. The lowest BCUT2D eigenvalue weighted by Crippen LogP contribution is -2.44. The third-order valence-electron chi connectivity index (χ3n) is 1.86. The van der Waals surface area contributed by atoms with Gasteiger partial charge in [0.25, 0.3) is 0 Å². The first-order valence-corrected chi connectivity index (χ1v) is 4.51. The van der Waals surface area contributed by atoms with Gasteiger partial charge >= 0.3 is 0 Å². The van der Waals surface area contributed by atoms with E-state index in [2.05, 4.69) is 5.32 Å². The summed E-state index contributed by atoms with van der Waals surface area (Å²) in [5.74, 6) is -0.110. The maximum absolute atomic E-state index is 10.7. The maximum atomic E-state index is 10.7. The number of aliphatic hydroxyl groups is 1. The van der Waals surface area contributed by atoms with Crippen LogP contribution in [0.5, 0.6) is 0 Å². The Labute approximate surface area is 79.5 Å². The number of carbonyl (C=O) groups is 1. The molecule has 0 aliphatic heterocycles. The molecule has 0 radical (unpaired) electrons. The predicted molar refractivity (Wildman–Crippen MR) is 52.1 cm³/mol. The van der Waals surface area contributed by atoms with Gasteiger partial charge in [-0.3, -0.25) is 4.79 Å². The van der Waals surface area contributed by atoms with Crippen LogP contribution in [0.1, 0.15) is 27.2 Å². The highest BCUT2D eigenvalue weighted by atomic mass is 16.3. The quantitative estimate of drug-likeness (QED) is 0.543. The van der Waals surface area contributed by atoms with Gasteiger partial charge in [0, 0.05) is 25.1 Å². The Bertz CT molecular complexity index is 169. The Kier molecular flexibility index (Phi) is 4.95. The number of amides is 1. The highest BCUT2D eigenvalue weighted by molar-refractivity contribution is 5.74. The Morgan fingerprint density at radius 3 is 2.54 bits per heavy atom. The van der Waals surface area contributed by atoms with Crippen LogP contribution in [0.4, 0.5) is 0 Å². The molecule has 1 amide bonds. The molecule has 0 bridgehead atoms. The molecule has 0 aromatic carbocycles. The molecular weight excluding hydrogens is 168 g/mol. The summed E-state index contributed by atoms with van der Waals surface area (Å²) < 4.78 is 0.